The van der Waals surface area contributed by atoms with Crippen LogP contribution in [0.25, 0.3) is 0 Å². The first-order valence-corrected chi connectivity index (χ1v) is 6.32. The summed E-state index contributed by atoms with van der Waals surface area (Å²) in [4.78, 5) is 15.4. The number of carbonyl (C=O) groups is 1. The van der Waals surface area contributed by atoms with Crippen molar-refractivity contribution in [1.82, 2.24) is 10.3 Å². The van der Waals surface area contributed by atoms with Crippen LogP contribution in [-0.2, 0) is 0 Å². The first-order chi connectivity index (χ1) is 8.41. The molecule has 1 rings (SSSR count). The first-order valence-electron chi connectivity index (χ1n) is 6.32. The molecule has 1 amide bonds. The third-order valence-corrected chi connectivity index (χ3v) is 3.16. The molecule has 0 aliphatic rings. The summed E-state index contributed by atoms with van der Waals surface area (Å²) in [7, 11) is 0. The van der Waals surface area contributed by atoms with Gasteiger partial charge < -0.3 is 5.32 Å². The second-order valence-electron chi connectivity index (χ2n) is 5.21. The number of pyridine rings is 1. The second-order valence-corrected chi connectivity index (χ2v) is 5.21. The molecule has 0 saturated heterocycles. The number of nitrogens with one attached hydrogen (secondary N) is 1. The fourth-order valence-electron chi connectivity index (χ4n) is 2.08. The molecule has 0 radical (unpaired) electrons. The maximum absolute atomic E-state index is 12.9. The molecule has 0 spiro atoms. The molecule has 0 fully saturated rings. The molecule has 0 aromatic carbocycles. The van der Waals surface area contributed by atoms with Gasteiger partial charge >= 0.3 is 0 Å². The minimum absolute atomic E-state index is 0.126. The van der Waals surface area contributed by atoms with Gasteiger partial charge in [-0.3, -0.25) is 4.79 Å². The Morgan fingerprint density at radius 3 is 2.39 bits per heavy atom. The summed E-state index contributed by atoms with van der Waals surface area (Å²) in [6.45, 7) is 9.13. The van der Waals surface area contributed by atoms with Crippen LogP contribution in [0.15, 0.2) is 18.2 Å². The Balaban J connectivity index is 2.60. The van der Waals surface area contributed by atoms with Crippen molar-refractivity contribution in [3.05, 3.63) is 29.8 Å². The third kappa shape index (κ3) is 4.09. The SMILES string of the molecule is CC(C)C(CNC(=O)c1cccc(F)n1)C(C)C. The number of hydrogen-bond donors (Lipinski definition) is 1. The van der Waals surface area contributed by atoms with Gasteiger partial charge in [-0.15, -0.1) is 0 Å². The van der Waals surface area contributed by atoms with Gasteiger partial charge in [-0.25, -0.2) is 4.98 Å². The second kappa shape index (κ2) is 6.47. The lowest BCUT2D eigenvalue weighted by atomic mass is 9.85. The van der Waals surface area contributed by atoms with Crippen molar-refractivity contribution in [2.75, 3.05) is 6.54 Å². The Kier molecular flexibility index (Phi) is 5.25. The van der Waals surface area contributed by atoms with E-state index >= 15 is 0 Å². The topological polar surface area (TPSA) is 42.0 Å². The monoisotopic (exact) mass is 252 g/mol. The molecule has 4 heteroatoms. The highest BCUT2D eigenvalue weighted by Crippen LogP contribution is 2.19. The highest BCUT2D eigenvalue weighted by Gasteiger charge is 2.18. The third-order valence-electron chi connectivity index (χ3n) is 3.16. The van der Waals surface area contributed by atoms with E-state index in [1.54, 1.807) is 0 Å². The van der Waals surface area contributed by atoms with Crippen LogP contribution in [0.1, 0.15) is 38.2 Å². The van der Waals surface area contributed by atoms with Crippen LogP contribution < -0.4 is 5.32 Å². The number of nitrogens with zero attached hydrogens (tertiary/aromatic N) is 1. The van der Waals surface area contributed by atoms with Gasteiger partial charge in [0.05, 0.1) is 0 Å². The standard InChI is InChI=1S/C14H21FN2O/c1-9(2)11(10(3)4)8-16-14(18)12-6-5-7-13(15)17-12/h5-7,9-11H,8H2,1-4H3,(H,16,18). The molecule has 0 aliphatic carbocycles. The number of carbonyl (C=O) groups excluding carboxylic acids is 1. The molecule has 1 aromatic rings. The first kappa shape index (κ1) is 14.6. The summed E-state index contributed by atoms with van der Waals surface area (Å²) >= 11 is 0. The lowest BCUT2D eigenvalue weighted by molar-refractivity contribution is 0.0931. The van der Waals surface area contributed by atoms with E-state index in [-0.39, 0.29) is 11.6 Å². The Morgan fingerprint density at radius 1 is 1.28 bits per heavy atom. The highest BCUT2D eigenvalue weighted by molar-refractivity contribution is 5.92. The molecule has 1 N–H and O–H groups in total. The molecule has 1 aromatic heterocycles. The molecule has 100 valence electrons. The smallest absolute Gasteiger partial charge is 0.270 e. The van der Waals surface area contributed by atoms with Gasteiger partial charge in [-0.05, 0) is 29.9 Å². The summed E-state index contributed by atoms with van der Waals surface area (Å²) in [6, 6.07) is 4.22. The van der Waals surface area contributed by atoms with E-state index in [1.165, 1.54) is 18.2 Å². The van der Waals surface area contributed by atoms with Gasteiger partial charge in [0.2, 0.25) is 5.95 Å². The fraction of sp³-hybridized carbons (Fsp3) is 0.571. The van der Waals surface area contributed by atoms with Gasteiger partial charge in [-0.2, -0.15) is 4.39 Å². The van der Waals surface area contributed by atoms with Crippen molar-refractivity contribution in [3.8, 4) is 0 Å². The van der Waals surface area contributed by atoms with E-state index in [4.69, 9.17) is 0 Å². The molecule has 0 bridgehead atoms. The number of amides is 1. The molecular weight excluding hydrogens is 231 g/mol. The number of halogens is 1. The summed E-state index contributed by atoms with van der Waals surface area (Å²) in [6.07, 6.45) is 0. The van der Waals surface area contributed by atoms with Crippen molar-refractivity contribution < 1.29 is 9.18 Å². The Bertz CT molecular complexity index is 397. The average Bonchev–Trinajstić information content (AvgIpc) is 2.28. The van der Waals surface area contributed by atoms with E-state index in [0.717, 1.165) is 0 Å². The van der Waals surface area contributed by atoms with E-state index < -0.39 is 5.95 Å². The van der Waals surface area contributed by atoms with Gasteiger partial charge in [0, 0.05) is 6.54 Å². The number of rotatable bonds is 5. The van der Waals surface area contributed by atoms with Crippen molar-refractivity contribution in [3.63, 3.8) is 0 Å². The van der Waals surface area contributed by atoms with Crippen molar-refractivity contribution in [1.29, 1.82) is 0 Å². The molecule has 18 heavy (non-hydrogen) atoms. The van der Waals surface area contributed by atoms with Gasteiger partial charge in [0.1, 0.15) is 5.69 Å². The van der Waals surface area contributed by atoms with E-state index in [1.807, 2.05) is 0 Å². The largest absolute Gasteiger partial charge is 0.350 e. The van der Waals surface area contributed by atoms with Gasteiger partial charge in [-0.1, -0.05) is 33.8 Å². The zero-order valence-corrected chi connectivity index (χ0v) is 11.4. The van der Waals surface area contributed by atoms with Gasteiger partial charge in [0.15, 0.2) is 0 Å². The van der Waals surface area contributed by atoms with Gasteiger partial charge in [0.25, 0.3) is 5.91 Å². The maximum Gasteiger partial charge on any atom is 0.270 e. The van der Waals surface area contributed by atoms with Crippen molar-refractivity contribution in [2.24, 2.45) is 17.8 Å². The maximum atomic E-state index is 12.9. The normalized spacial score (nSPS) is 11.3. The predicted octanol–water partition coefficient (Wildman–Crippen LogP) is 2.88. The predicted molar refractivity (Wildman–Crippen MR) is 69.7 cm³/mol. The zero-order valence-electron chi connectivity index (χ0n) is 11.4. The van der Waals surface area contributed by atoms with Crippen molar-refractivity contribution in [2.45, 2.75) is 27.7 Å². The Labute approximate surface area is 108 Å². The average molecular weight is 252 g/mol. The van der Waals surface area contributed by atoms with Crippen LogP contribution in [0.5, 0.6) is 0 Å². The molecule has 0 atom stereocenters. The molecule has 3 nitrogen and oxygen atoms in total. The molecule has 0 aliphatic heterocycles. The Hall–Kier alpha value is -1.45. The van der Waals surface area contributed by atoms with Crippen LogP contribution in [0.2, 0.25) is 0 Å². The van der Waals surface area contributed by atoms with E-state index in [2.05, 4.69) is 38.0 Å². The van der Waals surface area contributed by atoms with Crippen LogP contribution in [0, 0.1) is 23.7 Å². The van der Waals surface area contributed by atoms with Crippen LogP contribution in [0.4, 0.5) is 4.39 Å². The number of aromatic nitrogens is 1. The summed E-state index contributed by atoms with van der Waals surface area (Å²) in [5, 5.41) is 2.82. The lowest BCUT2D eigenvalue weighted by Gasteiger charge is -2.24. The number of hydrogen-bond acceptors (Lipinski definition) is 2. The molecule has 0 saturated carbocycles. The minimum atomic E-state index is -0.632. The zero-order chi connectivity index (χ0) is 13.7. The summed E-state index contributed by atoms with van der Waals surface area (Å²) in [5.41, 5.74) is 0.126. The van der Waals surface area contributed by atoms with Crippen LogP contribution in [-0.4, -0.2) is 17.4 Å². The minimum Gasteiger partial charge on any atom is -0.350 e. The fourth-order valence-corrected chi connectivity index (χ4v) is 2.08. The van der Waals surface area contributed by atoms with Crippen LogP contribution >= 0.6 is 0 Å². The lowest BCUT2D eigenvalue weighted by Crippen LogP contribution is -2.34. The Morgan fingerprint density at radius 2 is 1.89 bits per heavy atom. The molecular formula is C14H21FN2O. The highest BCUT2D eigenvalue weighted by atomic mass is 19.1. The van der Waals surface area contributed by atoms with E-state index in [9.17, 15) is 9.18 Å². The quantitative estimate of drug-likeness (QED) is 0.819. The molecule has 1 heterocycles. The molecule has 0 unspecified atom stereocenters. The van der Waals surface area contributed by atoms with Crippen LogP contribution in [0.3, 0.4) is 0 Å². The summed E-state index contributed by atoms with van der Waals surface area (Å²) in [5.74, 6) is 0.437. The van der Waals surface area contributed by atoms with E-state index in [0.29, 0.717) is 24.3 Å². The summed E-state index contributed by atoms with van der Waals surface area (Å²) < 4.78 is 12.9. The van der Waals surface area contributed by atoms with Crippen molar-refractivity contribution >= 4 is 5.91 Å².